The number of H-pyrrole nitrogens is 2. The fourth-order valence-corrected chi connectivity index (χ4v) is 2.76. The summed E-state index contributed by atoms with van der Waals surface area (Å²) in [7, 11) is 0. The molecule has 0 fully saturated rings. The summed E-state index contributed by atoms with van der Waals surface area (Å²) in [4.78, 5) is 36.4. The Morgan fingerprint density at radius 1 is 1.39 bits per heavy atom. The van der Waals surface area contributed by atoms with E-state index in [1.54, 1.807) is 23.5 Å². The van der Waals surface area contributed by atoms with Crippen LogP contribution in [-0.2, 0) is 4.79 Å². The van der Waals surface area contributed by atoms with E-state index in [-0.39, 0.29) is 18.2 Å². The molecule has 0 amide bonds. The van der Waals surface area contributed by atoms with E-state index >= 15 is 0 Å². The molecule has 1 rings (SSSR count). The number of hydrogen-bond acceptors (Lipinski definition) is 7. The number of aryl methyl sites for hydroxylation is 1. The maximum atomic E-state index is 11.2. The highest BCUT2D eigenvalue weighted by molar-refractivity contribution is 8.15. The van der Waals surface area contributed by atoms with Gasteiger partial charge in [-0.25, -0.2) is 9.59 Å². The lowest BCUT2D eigenvalue weighted by Gasteiger charge is -2.04. The highest BCUT2D eigenvalue weighted by Crippen LogP contribution is 2.08. The van der Waals surface area contributed by atoms with Crippen LogP contribution in [0.1, 0.15) is 11.3 Å². The van der Waals surface area contributed by atoms with Crippen LogP contribution in [0.4, 0.5) is 0 Å². The minimum atomic E-state index is -1.16. The van der Waals surface area contributed by atoms with E-state index in [0.717, 1.165) is 23.0 Å². The predicted molar refractivity (Wildman–Crippen MR) is 95.0 cm³/mol. The Hall–Kier alpha value is -1.49. The molecule has 1 aromatic rings. The van der Waals surface area contributed by atoms with E-state index in [4.69, 9.17) is 15.9 Å². The second kappa shape index (κ2) is 12.0. The Balaban J connectivity index is 0.000000468. The highest BCUT2D eigenvalue weighted by atomic mass is 32.2. The fourth-order valence-electron chi connectivity index (χ4n) is 1.30. The van der Waals surface area contributed by atoms with Crippen LogP contribution in [-0.4, -0.2) is 55.9 Å². The molecule has 0 bridgehead atoms. The van der Waals surface area contributed by atoms with Gasteiger partial charge < -0.3 is 20.9 Å². The Labute approximate surface area is 141 Å². The van der Waals surface area contributed by atoms with Gasteiger partial charge in [-0.3, -0.25) is 9.78 Å². The Kier molecular flexibility index (Phi) is 11.2. The lowest BCUT2D eigenvalue weighted by atomic mass is 10.2. The molecule has 0 aliphatic rings. The van der Waals surface area contributed by atoms with Gasteiger partial charge >= 0.3 is 11.7 Å². The summed E-state index contributed by atoms with van der Waals surface area (Å²) in [6, 6.07) is -0.0397. The molecular formula is C13H21N3O5S2. The van der Waals surface area contributed by atoms with Crippen molar-refractivity contribution in [1.82, 2.24) is 9.97 Å². The van der Waals surface area contributed by atoms with Crippen molar-refractivity contribution in [2.45, 2.75) is 13.0 Å². The topological polar surface area (TPSA) is 149 Å². The standard InChI is InChI=1S/C8H8N2O4.C5H13NOS2/c1-4-5(2-3-6(11)12)7(13)10-8(14)9-4;1-8-4-9-3-5(6)2-7/h2-3H,1H3,(H,11,12)(H2,9,10,13,14);5,7H,2-4,6H2,1H3. The average molecular weight is 363 g/mol. The largest absolute Gasteiger partial charge is 0.478 e. The third-order valence-electron chi connectivity index (χ3n) is 2.34. The molecule has 10 heteroatoms. The zero-order valence-electron chi connectivity index (χ0n) is 12.9. The maximum absolute atomic E-state index is 11.2. The average Bonchev–Trinajstić information content (AvgIpc) is 2.46. The lowest BCUT2D eigenvalue weighted by molar-refractivity contribution is -0.131. The van der Waals surface area contributed by atoms with Gasteiger partial charge in [-0.15, -0.1) is 11.8 Å². The quantitative estimate of drug-likeness (QED) is 0.255. The SMILES string of the molecule is CSCSCC(N)CO.Cc1[nH]c(=O)[nH]c(=O)c1C=CC(=O)O. The van der Waals surface area contributed by atoms with Crippen molar-refractivity contribution < 1.29 is 15.0 Å². The van der Waals surface area contributed by atoms with Crippen LogP contribution in [0, 0.1) is 6.92 Å². The van der Waals surface area contributed by atoms with Crippen molar-refractivity contribution in [2.24, 2.45) is 5.73 Å². The Morgan fingerprint density at radius 3 is 2.52 bits per heavy atom. The summed E-state index contributed by atoms with van der Waals surface area (Å²) in [6.07, 6.45) is 4.01. The number of aliphatic carboxylic acids is 1. The molecule has 8 nitrogen and oxygen atoms in total. The van der Waals surface area contributed by atoms with Gasteiger partial charge in [0.1, 0.15) is 0 Å². The molecule has 1 atom stereocenters. The van der Waals surface area contributed by atoms with Crippen LogP contribution < -0.4 is 17.0 Å². The van der Waals surface area contributed by atoms with Gasteiger partial charge in [-0.05, 0) is 19.3 Å². The number of nitrogens with one attached hydrogen (secondary N) is 2. The molecule has 0 spiro atoms. The number of carbonyl (C=O) groups is 1. The Morgan fingerprint density at radius 2 is 2.04 bits per heavy atom. The van der Waals surface area contributed by atoms with Gasteiger partial charge in [0.05, 0.1) is 12.2 Å². The Bertz CT molecular complexity index is 627. The zero-order chi connectivity index (χ0) is 17.8. The van der Waals surface area contributed by atoms with Crippen molar-refractivity contribution in [1.29, 1.82) is 0 Å². The molecule has 0 radical (unpaired) electrons. The van der Waals surface area contributed by atoms with Gasteiger partial charge in [0.2, 0.25) is 0 Å². The molecule has 1 unspecified atom stereocenters. The molecule has 0 aliphatic heterocycles. The predicted octanol–water partition coefficient (Wildman–Crippen LogP) is -0.171. The van der Waals surface area contributed by atoms with Crippen LogP contribution in [0.5, 0.6) is 0 Å². The maximum Gasteiger partial charge on any atom is 0.328 e. The van der Waals surface area contributed by atoms with Crippen LogP contribution in [0.25, 0.3) is 6.08 Å². The number of nitrogens with two attached hydrogens (primary N) is 1. The number of carboxylic acid groups (broad SMARTS) is 1. The summed E-state index contributed by atoms with van der Waals surface area (Å²) < 4.78 is 0. The fraction of sp³-hybridized carbons (Fsp3) is 0.462. The molecule has 130 valence electrons. The van der Waals surface area contributed by atoms with E-state index in [2.05, 4.69) is 11.2 Å². The van der Waals surface area contributed by atoms with Crippen molar-refractivity contribution in [3.05, 3.63) is 38.2 Å². The van der Waals surface area contributed by atoms with Crippen molar-refractivity contribution >= 4 is 35.6 Å². The number of thioether (sulfide) groups is 2. The third kappa shape index (κ3) is 10.00. The number of hydrogen-bond donors (Lipinski definition) is 5. The first-order chi connectivity index (χ1) is 10.8. The van der Waals surface area contributed by atoms with E-state index in [1.165, 1.54) is 6.92 Å². The molecule has 0 saturated carbocycles. The third-order valence-corrected chi connectivity index (χ3v) is 4.61. The normalized spacial score (nSPS) is 11.8. The second-order valence-corrected chi connectivity index (χ2v) is 6.60. The van der Waals surface area contributed by atoms with Gasteiger partial charge in [0.15, 0.2) is 0 Å². The number of aromatic amines is 2. The number of rotatable bonds is 7. The van der Waals surface area contributed by atoms with Crippen LogP contribution >= 0.6 is 23.5 Å². The smallest absolute Gasteiger partial charge is 0.328 e. The summed E-state index contributed by atoms with van der Waals surface area (Å²) in [5, 5.41) is 17.9. The molecular weight excluding hydrogens is 342 g/mol. The number of carboxylic acids is 1. The minimum Gasteiger partial charge on any atom is -0.478 e. The van der Waals surface area contributed by atoms with E-state index < -0.39 is 17.2 Å². The van der Waals surface area contributed by atoms with E-state index in [9.17, 15) is 14.4 Å². The molecule has 1 aromatic heterocycles. The van der Waals surface area contributed by atoms with Crippen LogP contribution in [0.2, 0.25) is 0 Å². The summed E-state index contributed by atoms with van der Waals surface area (Å²) in [5.74, 6) is -0.299. The summed E-state index contributed by atoms with van der Waals surface area (Å²) in [6.45, 7) is 1.61. The van der Waals surface area contributed by atoms with E-state index in [0.29, 0.717) is 5.69 Å². The van der Waals surface area contributed by atoms with Crippen LogP contribution in [0.3, 0.4) is 0 Å². The first-order valence-corrected chi connectivity index (χ1v) is 9.04. The molecule has 23 heavy (non-hydrogen) atoms. The second-order valence-electron chi connectivity index (χ2n) is 4.34. The van der Waals surface area contributed by atoms with Crippen LogP contribution in [0.15, 0.2) is 15.7 Å². The highest BCUT2D eigenvalue weighted by Gasteiger charge is 2.01. The van der Waals surface area contributed by atoms with Crippen molar-refractivity contribution in [2.75, 3.05) is 23.7 Å². The van der Waals surface area contributed by atoms with Gasteiger partial charge in [0.25, 0.3) is 5.56 Å². The number of aromatic nitrogens is 2. The van der Waals surface area contributed by atoms with Crippen molar-refractivity contribution in [3.8, 4) is 0 Å². The lowest BCUT2D eigenvalue weighted by Crippen LogP contribution is -2.26. The summed E-state index contributed by atoms with van der Waals surface area (Å²) >= 11 is 3.54. The number of aliphatic hydroxyl groups excluding tert-OH is 1. The van der Waals surface area contributed by atoms with Gasteiger partial charge in [-0.2, -0.15) is 11.8 Å². The summed E-state index contributed by atoms with van der Waals surface area (Å²) in [5.41, 5.74) is 4.68. The number of aliphatic hydroxyl groups is 1. The molecule has 0 aliphatic carbocycles. The molecule has 0 aromatic carbocycles. The molecule has 6 N–H and O–H groups in total. The first kappa shape index (κ1) is 21.5. The van der Waals surface area contributed by atoms with E-state index in [1.807, 2.05) is 4.98 Å². The zero-order valence-corrected chi connectivity index (χ0v) is 14.5. The first-order valence-electron chi connectivity index (χ1n) is 6.49. The molecule has 1 heterocycles. The molecule has 0 saturated heterocycles. The van der Waals surface area contributed by atoms with Gasteiger partial charge in [-0.1, -0.05) is 0 Å². The monoisotopic (exact) mass is 363 g/mol. The minimum absolute atomic E-state index is 0.0397. The van der Waals surface area contributed by atoms with Crippen molar-refractivity contribution in [3.63, 3.8) is 0 Å². The van der Waals surface area contributed by atoms with Gasteiger partial charge in [0, 0.05) is 28.6 Å².